The summed E-state index contributed by atoms with van der Waals surface area (Å²) in [7, 11) is 2.90. The summed E-state index contributed by atoms with van der Waals surface area (Å²) in [5, 5.41) is 45.0. The van der Waals surface area contributed by atoms with Crippen molar-refractivity contribution in [2.45, 2.75) is 65.0 Å². The van der Waals surface area contributed by atoms with Crippen molar-refractivity contribution in [2.24, 2.45) is 7.05 Å². The van der Waals surface area contributed by atoms with E-state index in [1.165, 1.54) is 4.31 Å². The highest BCUT2D eigenvalue weighted by Gasteiger charge is 2.24. The van der Waals surface area contributed by atoms with Gasteiger partial charge in [-0.15, -0.1) is 0 Å². The van der Waals surface area contributed by atoms with E-state index in [-0.39, 0.29) is 31.8 Å². The molecule has 0 radical (unpaired) electrons. The van der Waals surface area contributed by atoms with E-state index in [1.54, 1.807) is 50.4 Å². The van der Waals surface area contributed by atoms with E-state index < -0.39 is 22.4 Å². The molecular formula is C46H61N13O6S. The van der Waals surface area contributed by atoms with Crippen molar-refractivity contribution in [3.8, 4) is 34.0 Å². The van der Waals surface area contributed by atoms with Crippen LogP contribution in [0.25, 0.3) is 44.6 Å². The van der Waals surface area contributed by atoms with E-state index in [1.807, 2.05) is 98.8 Å². The van der Waals surface area contributed by atoms with Crippen molar-refractivity contribution in [3.05, 3.63) is 90.5 Å². The molecule has 6 N–H and O–H groups in total. The molecule has 2 aromatic carbocycles. The fourth-order valence-corrected chi connectivity index (χ4v) is 8.41. The highest BCUT2D eigenvalue weighted by Crippen LogP contribution is 2.34. The number of benzene rings is 2. The van der Waals surface area contributed by atoms with E-state index in [9.17, 15) is 18.6 Å². The predicted octanol–water partition coefficient (Wildman–Crippen LogP) is 4.90. The van der Waals surface area contributed by atoms with Gasteiger partial charge in [-0.05, 0) is 84.6 Å². The molecule has 0 saturated heterocycles. The van der Waals surface area contributed by atoms with Crippen molar-refractivity contribution in [3.63, 3.8) is 0 Å². The van der Waals surface area contributed by atoms with Crippen molar-refractivity contribution < 1.29 is 28.1 Å². The molecule has 3 atom stereocenters. The molecule has 7 aromatic rings. The van der Waals surface area contributed by atoms with E-state index in [0.717, 1.165) is 27.9 Å². The van der Waals surface area contributed by atoms with Crippen LogP contribution in [-0.2, 0) is 23.8 Å². The number of aliphatic hydroxyl groups is 2. The van der Waals surface area contributed by atoms with E-state index in [4.69, 9.17) is 24.5 Å². The molecule has 0 bridgehead atoms. The Labute approximate surface area is 385 Å². The van der Waals surface area contributed by atoms with Crippen LogP contribution in [0.15, 0.2) is 79.3 Å². The summed E-state index contributed by atoms with van der Waals surface area (Å²) >= 11 is 0. The molecule has 352 valence electrons. The number of rotatable bonds is 23. The lowest BCUT2D eigenvalue weighted by atomic mass is 10.1. The molecule has 20 heteroatoms. The summed E-state index contributed by atoms with van der Waals surface area (Å²) in [6.45, 7) is 9.68. The van der Waals surface area contributed by atoms with Gasteiger partial charge in [-0.1, -0.05) is 24.3 Å². The average Bonchev–Trinajstić information content (AvgIpc) is 4.03. The largest absolute Gasteiger partial charge is 0.491 e. The molecule has 0 amide bonds. The zero-order chi connectivity index (χ0) is 47.1. The number of fused-ring (bicyclic) bond motifs is 2. The van der Waals surface area contributed by atoms with Crippen molar-refractivity contribution in [1.29, 1.82) is 0 Å². The number of ether oxygens (including phenoxy) is 2. The zero-order valence-corrected chi connectivity index (χ0v) is 39.5. The minimum absolute atomic E-state index is 0.0455. The molecule has 66 heavy (non-hydrogen) atoms. The fourth-order valence-electron chi connectivity index (χ4n) is 7.46. The van der Waals surface area contributed by atoms with Crippen LogP contribution in [0.3, 0.4) is 0 Å². The summed E-state index contributed by atoms with van der Waals surface area (Å²) in [4.78, 5) is 10.0. The fraction of sp³-hybridized carbons (Fsp3) is 0.413. The molecule has 7 rings (SSSR count). The van der Waals surface area contributed by atoms with Crippen molar-refractivity contribution in [1.82, 2.24) is 54.2 Å². The number of nitrogens with zero attached hydrogens (tertiary/aromatic N) is 9. The van der Waals surface area contributed by atoms with Gasteiger partial charge in [0.2, 0.25) is 0 Å². The third kappa shape index (κ3) is 11.1. The number of aryl methyl sites for hydroxylation is 1. The lowest BCUT2D eigenvalue weighted by molar-refractivity contribution is 0.108. The maximum atomic E-state index is 14.1. The van der Waals surface area contributed by atoms with Gasteiger partial charge in [0, 0.05) is 74.4 Å². The Hall–Kier alpha value is -6.16. The lowest BCUT2D eigenvalue weighted by Crippen LogP contribution is -2.34. The minimum atomic E-state index is -4.09. The Morgan fingerprint density at radius 1 is 0.758 bits per heavy atom. The van der Waals surface area contributed by atoms with Crippen LogP contribution < -0.4 is 30.1 Å². The molecule has 0 spiro atoms. The second kappa shape index (κ2) is 21.0. The number of aliphatic hydroxyl groups excluding tert-OH is 2. The monoisotopic (exact) mass is 923 g/mol. The van der Waals surface area contributed by atoms with Crippen LogP contribution in [0.4, 0.5) is 11.4 Å². The Morgan fingerprint density at radius 3 is 1.85 bits per heavy atom. The van der Waals surface area contributed by atoms with Gasteiger partial charge in [0.1, 0.15) is 36.9 Å². The van der Waals surface area contributed by atoms with Crippen LogP contribution >= 0.6 is 0 Å². The minimum Gasteiger partial charge on any atom is -0.491 e. The predicted molar refractivity (Wildman–Crippen MR) is 257 cm³/mol. The Balaban J connectivity index is 1.13. The second-order valence-corrected chi connectivity index (χ2v) is 18.5. The number of likely N-dealkylation sites (N-methyl/N-ethyl adjacent to an activating group) is 2. The third-order valence-electron chi connectivity index (χ3n) is 11.4. The third-order valence-corrected chi connectivity index (χ3v) is 12.9. The molecule has 0 fully saturated rings. The van der Waals surface area contributed by atoms with Gasteiger partial charge in [-0.2, -0.15) is 28.0 Å². The average molecular weight is 924 g/mol. The van der Waals surface area contributed by atoms with Crippen LogP contribution in [0, 0.1) is 6.92 Å². The SMILES string of the molecule is CNCC(O)COc1cccc(-c2cc(NS(=O)(=O)N(C)CCC(C)n3ncc4c(NCc5cnn(C)c5C)cc(-c5cccc(OCC(O)CNC)c5)nc43)c3cnn(C(C)C)c3n2)c1. The van der Waals surface area contributed by atoms with E-state index in [2.05, 4.69) is 30.9 Å². The molecule has 5 heterocycles. The topological polar surface area (TPSA) is 224 Å². The maximum absolute atomic E-state index is 14.1. The summed E-state index contributed by atoms with van der Waals surface area (Å²) < 4.78 is 49.6. The molecule has 3 unspecified atom stereocenters. The molecule has 0 aliphatic heterocycles. The molecule has 5 aromatic heterocycles. The number of aromatic nitrogens is 8. The quantitative estimate of drug-likeness (QED) is 0.0503. The normalized spacial score (nSPS) is 13.5. The smallest absolute Gasteiger partial charge is 0.301 e. The highest BCUT2D eigenvalue weighted by atomic mass is 32.2. The first-order valence-electron chi connectivity index (χ1n) is 22.0. The molecule has 19 nitrogen and oxygen atoms in total. The van der Waals surface area contributed by atoms with Crippen LogP contribution in [0.5, 0.6) is 11.5 Å². The summed E-state index contributed by atoms with van der Waals surface area (Å²) in [6, 6.07) is 18.3. The first-order valence-corrected chi connectivity index (χ1v) is 23.4. The maximum Gasteiger partial charge on any atom is 0.301 e. The van der Waals surface area contributed by atoms with E-state index >= 15 is 0 Å². The van der Waals surface area contributed by atoms with E-state index in [0.29, 0.717) is 76.9 Å². The molecule has 0 aliphatic rings. The number of nitrogens with one attached hydrogen (secondary N) is 4. The summed E-state index contributed by atoms with van der Waals surface area (Å²) in [5.41, 5.74) is 7.11. The van der Waals surface area contributed by atoms with Gasteiger partial charge in [-0.3, -0.25) is 9.40 Å². The first kappa shape index (κ1) is 47.8. The van der Waals surface area contributed by atoms with Gasteiger partial charge >= 0.3 is 10.2 Å². The number of anilines is 2. The Morgan fingerprint density at radius 2 is 1.30 bits per heavy atom. The summed E-state index contributed by atoms with van der Waals surface area (Å²) in [5.74, 6) is 1.14. The standard InChI is InChI=1S/C46H61N13O6S/c1-29(2)58-45-40(26-51-58)44(20-42(53-45)33-12-10-14-38(18-33)65-28-36(61)24-48-6)55-66(62,63)56(7)16-15-30(3)59-46-39(25-52-59)43(49-21-34-22-50-57(8)31(34)4)19-41(54-46)32-11-9-13-37(17-32)64-27-35(60)23-47-5/h9-14,17-20,22,25-26,29-30,35-36,47-48,60-61H,15-16,21,23-24,27-28H2,1-8H3,(H,49,54)(H,53,55). The molecule has 0 saturated carbocycles. The summed E-state index contributed by atoms with van der Waals surface area (Å²) in [6.07, 6.45) is 4.31. The molecule has 0 aliphatic carbocycles. The van der Waals surface area contributed by atoms with Crippen molar-refractivity contribution >= 4 is 43.7 Å². The van der Waals surface area contributed by atoms with Gasteiger partial charge in [0.15, 0.2) is 11.3 Å². The van der Waals surface area contributed by atoms with Gasteiger partial charge < -0.3 is 35.6 Å². The first-order chi connectivity index (χ1) is 31.6. The lowest BCUT2D eigenvalue weighted by Gasteiger charge is -2.21. The van der Waals surface area contributed by atoms with Gasteiger partial charge in [0.05, 0.1) is 52.5 Å². The Bertz CT molecular complexity index is 2860. The number of hydrogen-bond donors (Lipinski definition) is 6. The van der Waals surface area contributed by atoms with Crippen LogP contribution in [0.2, 0.25) is 0 Å². The van der Waals surface area contributed by atoms with Crippen LogP contribution in [0.1, 0.15) is 50.5 Å². The highest BCUT2D eigenvalue weighted by molar-refractivity contribution is 7.90. The second-order valence-electron chi connectivity index (χ2n) is 16.8. The number of pyridine rings is 2. The van der Waals surface area contributed by atoms with Crippen LogP contribution in [-0.4, -0.2) is 128 Å². The number of hydrogen-bond acceptors (Lipinski definition) is 14. The Kier molecular flexibility index (Phi) is 15.2. The van der Waals surface area contributed by atoms with Gasteiger partial charge in [0.25, 0.3) is 0 Å². The van der Waals surface area contributed by atoms with Crippen molar-refractivity contribution in [2.75, 3.05) is 64.0 Å². The van der Waals surface area contributed by atoms with Gasteiger partial charge in [-0.25, -0.2) is 19.3 Å². The zero-order valence-electron chi connectivity index (χ0n) is 38.7. The molecular weight excluding hydrogens is 863 g/mol.